The van der Waals surface area contributed by atoms with E-state index >= 15 is 0 Å². The molecule has 1 saturated heterocycles. The van der Waals surface area contributed by atoms with Crippen molar-refractivity contribution >= 4 is 27.5 Å². The summed E-state index contributed by atoms with van der Waals surface area (Å²) in [7, 11) is 1.55. The predicted octanol–water partition coefficient (Wildman–Crippen LogP) is 0.917. The lowest BCUT2D eigenvalue weighted by molar-refractivity contribution is -0.117. The van der Waals surface area contributed by atoms with E-state index in [0.29, 0.717) is 18.8 Å². The number of halogens is 1. The Bertz CT molecular complexity index is 425. The molecule has 0 saturated carbocycles. The molecule has 1 atom stereocenters. The molecule has 0 aromatic carbocycles. The maximum atomic E-state index is 11.6. The molecule has 1 unspecified atom stereocenters. The number of nitrogens with two attached hydrogens (primary N) is 1. The Morgan fingerprint density at radius 3 is 2.94 bits per heavy atom. The quantitative estimate of drug-likeness (QED) is 0.877. The van der Waals surface area contributed by atoms with Crippen LogP contribution in [0.5, 0.6) is 5.88 Å². The van der Waals surface area contributed by atoms with Crippen LogP contribution in [0.2, 0.25) is 0 Å². The van der Waals surface area contributed by atoms with Gasteiger partial charge in [-0.2, -0.15) is 0 Å². The maximum Gasteiger partial charge on any atom is 0.228 e. The number of pyridine rings is 1. The fraction of sp³-hybridized carbons (Fsp3) is 0.400. The summed E-state index contributed by atoms with van der Waals surface area (Å²) in [6, 6.07) is 1.72. The first-order valence-corrected chi connectivity index (χ1v) is 5.66. The molecule has 5 nitrogen and oxygen atoms in total. The number of ether oxygens (including phenoxy) is 1. The summed E-state index contributed by atoms with van der Waals surface area (Å²) in [6.07, 6.45) is 2.00. The summed E-state index contributed by atoms with van der Waals surface area (Å²) in [5, 5.41) is 0. The lowest BCUT2D eigenvalue weighted by atomic mass is 10.3. The van der Waals surface area contributed by atoms with E-state index in [1.165, 1.54) is 0 Å². The zero-order valence-electron chi connectivity index (χ0n) is 8.81. The number of carbonyl (C=O) groups is 1. The third-order valence-electron chi connectivity index (χ3n) is 2.45. The van der Waals surface area contributed by atoms with Crippen LogP contribution in [0, 0.1) is 0 Å². The first-order chi connectivity index (χ1) is 7.61. The first-order valence-electron chi connectivity index (χ1n) is 4.87. The number of rotatable bonds is 2. The highest BCUT2D eigenvalue weighted by molar-refractivity contribution is 9.10. The Hall–Kier alpha value is -1.14. The average molecular weight is 286 g/mol. The van der Waals surface area contributed by atoms with Crippen LogP contribution in [0.3, 0.4) is 0 Å². The van der Waals surface area contributed by atoms with E-state index in [0.717, 1.165) is 10.2 Å². The zero-order valence-corrected chi connectivity index (χ0v) is 10.4. The van der Waals surface area contributed by atoms with Gasteiger partial charge in [-0.05, 0) is 22.0 Å². The highest BCUT2D eigenvalue weighted by Crippen LogP contribution is 2.28. The minimum Gasteiger partial charge on any atom is -0.480 e. The van der Waals surface area contributed by atoms with Crippen molar-refractivity contribution in [1.82, 2.24) is 4.98 Å². The molecule has 1 fully saturated rings. The lowest BCUT2D eigenvalue weighted by Gasteiger charge is -2.16. The van der Waals surface area contributed by atoms with Crippen LogP contribution >= 0.6 is 15.9 Å². The first kappa shape index (κ1) is 11.3. The van der Waals surface area contributed by atoms with Gasteiger partial charge in [0.15, 0.2) is 0 Å². The van der Waals surface area contributed by atoms with E-state index in [1.807, 2.05) is 6.07 Å². The number of hydrogen-bond acceptors (Lipinski definition) is 4. The minimum absolute atomic E-state index is 0.0337. The average Bonchev–Trinajstić information content (AvgIpc) is 2.58. The summed E-state index contributed by atoms with van der Waals surface area (Å²) in [5.41, 5.74) is 6.47. The third-order valence-corrected chi connectivity index (χ3v) is 3.02. The molecule has 1 aromatic heterocycles. The van der Waals surface area contributed by atoms with Crippen molar-refractivity contribution in [3.05, 3.63) is 16.7 Å². The molecule has 1 aliphatic heterocycles. The molecular weight excluding hydrogens is 274 g/mol. The molecule has 2 heterocycles. The fourth-order valence-corrected chi connectivity index (χ4v) is 2.20. The van der Waals surface area contributed by atoms with E-state index in [1.54, 1.807) is 18.2 Å². The van der Waals surface area contributed by atoms with Crippen LogP contribution in [0.25, 0.3) is 0 Å². The Morgan fingerprint density at radius 1 is 1.69 bits per heavy atom. The molecule has 2 N–H and O–H groups in total. The van der Waals surface area contributed by atoms with Gasteiger partial charge in [0.05, 0.1) is 23.5 Å². The molecule has 2 rings (SSSR count). The molecule has 1 aliphatic rings. The number of anilines is 1. The van der Waals surface area contributed by atoms with Crippen LogP contribution in [-0.2, 0) is 4.79 Å². The van der Waals surface area contributed by atoms with Crippen LogP contribution in [0.15, 0.2) is 16.7 Å². The van der Waals surface area contributed by atoms with E-state index in [9.17, 15) is 4.79 Å². The van der Waals surface area contributed by atoms with Gasteiger partial charge < -0.3 is 15.4 Å². The molecule has 0 radical (unpaired) electrons. The molecule has 1 aromatic rings. The third kappa shape index (κ3) is 2.03. The van der Waals surface area contributed by atoms with E-state index in [-0.39, 0.29) is 11.9 Å². The van der Waals surface area contributed by atoms with Crippen molar-refractivity contribution < 1.29 is 9.53 Å². The molecule has 1 amide bonds. The van der Waals surface area contributed by atoms with Crippen molar-refractivity contribution in [2.45, 2.75) is 12.5 Å². The second-order valence-corrected chi connectivity index (χ2v) is 4.51. The van der Waals surface area contributed by atoms with Gasteiger partial charge in [-0.25, -0.2) is 4.98 Å². The SMILES string of the molecule is COc1ncc(N2CC(N)CC2=O)cc1Br. The van der Waals surface area contributed by atoms with Crippen LogP contribution < -0.4 is 15.4 Å². The van der Waals surface area contributed by atoms with Gasteiger partial charge in [-0.3, -0.25) is 4.79 Å². The van der Waals surface area contributed by atoms with Crippen LogP contribution in [0.4, 0.5) is 5.69 Å². The standard InChI is InChI=1S/C10H12BrN3O2/c1-16-10-8(11)3-7(4-13-10)14-5-6(12)2-9(14)15/h3-4,6H,2,5,12H2,1H3. The molecule has 0 bridgehead atoms. The fourth-order valence-electron chi connectivity index (χ4n) is 1.70. The molecule has 0 aliphatic carbocycles. The van der Waals surface area contributed by atoms with Gasteiger partial charge in [0.25, 0.3) is 0 Å². The lowest BCUT2D eigenvalue weighted by Crippen LogP contribution is -2.28. The summed E-state index contributed by atoms with van der Waals surface area (Å²) in [6.45, 7) is 0.541. The van der Waals surface area contributed by atoms with Crippen LogP contribution in [-0.4, -0.2) is 30.6 Å². The van der Waals surface area contributed by atoms with Gasteiger partial charge in [-0.1, -0.05) is 0 Å². The zero-order chi connectivity index (χ0) is 11.7. The smallest absolute Gasteiger partial charge is 0.228 e. The molecule has 0 spiro atoms. The van der Waals surface area contributed by atoms with Gasteiger partial charge in [-0.15, -0.1) is 0 Å². The number of nitrogens with zero attached hydrogens (tertiary/aromatic N) is 2. The Kier molecular flexibility index (Phi) is 3.11. The number of amides is 1. The normalized spacial score (nSPS) is 20.3. The van der Waals surface area contributed by atoms with Crippen molar-refractivity contribution in [2.24, 2.45) is 5.73 Å². The van der Waals surface area contributed by atoms with Crippen molar-refractivity contribution in [1.29, 1.82) is 0 Å². The molecule has 16 heavy (non-hydrogen) atoms. The predicted molar refractivity (Wildman–Crippen MR) is 63.4 cm³/mol. The number of methoxy groups -OCH3 is 1. The van der Waals surface area contributed by atoms with E-state index in [2.05, 4.69) is 20.9 Å². The number of carbonyl (C=O) groups excluding carboxylic acids is 1. The Balaban J connectivity index is 2.28. The monoisotopic (exact) mass is 285 g/mol. The van der Waals surface area contributed by atoms with Crippen LogP contribution in [0.1, 0.15) is 6.42 Å². The summed E-state index contributed by atoms with van der Waals surface area (Å²) in [5.74, 6) is 0.533. The second kappa shape index (κ2) is 4.39. The van der Waals surface area contributed by atoms with Crippen molar-refractivity contribution in [2.75, 3.05) is 18.6 Å². The van der Waals surface area contributed by atoms with Gasteiger partial charge in [0.1, 0.15) is 0 Å². The van der Waals surface area contributed by atoms with Crippen molar-refractivity contribution in [3.63, 3.8) is 0 Å². The molecule has 86 valence electrons. The topological polar surface area (TPSA) is 68.4 Å². The van der Waals surface area contributed by atoms with Gasteiger partial charge in [0.2, 0.25) is 11.8 Å². The second-order valence-electron chi connectivity index (χ2n) is 3.65. The maximum absolute atomic E-state index is 11.6. The highest BCUT2D eigenvalue weighted by Gasteiger charge is 2.28. The van der Waals surface area contributed by atoms with Crippen molar-refractivity contribution in [3.8, 4) is 5.88 Å². The minimum atomic E-state index is -0.0895. The highest BCUT2D eigenvalue weighted by atomic mass is 79.9. The Morgan fingerprint density at radius 2 is 2.44 bits per heavy atom. The number of hydrogen-bond donors (Lipinski definition) is 1. The van der Waals surface area contributed by atoms with E-state index in [4.69, 9.17) is 10.5 Å². The summed E-state index contributed by atoms with van der Waals surface area (Å²) < 4.78 is 5.75. The van der Waals surface area contributed by atoms with Gasteiger partial charge in [0, 0.05) is 19.0 Å². The summed E-state index contributed by atoms with van der Waals surface area (Å²) >= 11 is 3.33. The van der Waals surface area contributed by atoms with E-state index < -0.39 is 0 Å². The van der Waals surface area contributed by atoms with Gasteiger partial charge >= 0.3 is 0 Å². The molecule has 6 heteroatoms. The summed E-state index contributed by atoms with van der Waals surface area (Å²) in [4.78, 5) is 17.4. The molecular formula is C10H12BrN3O2. The Labute approximate surface area is 102 Å². The number of aromatic nitrogens is 1. The largest absolute Gasteiger partial charge is 0.480 e.